The average Bonchev–Trinajstić information content (AvgIpc) is 2.35. The maximum atomic E-state index is 11.2. The van der Waals surface area contributed by atoms with E-state index in [9.17, 15) is 9.90 Å². The van der Waals surface area contributed by atoms with Gasteiger partial charge in [-0.15, -0.1) is 0 Å². The number of rotatable bonds is 3. The Labute approximate surface area is 126 Å². The molecule has 0 atom stereocenters. The van der Waals surface area contributed by atoms with E-state index < -0.39 is 5.97 Å². The highest BCUT2D eigenvalue weighted by Crippen LogP contribution is 2.36. The molecule has 4 N–H and O–H groups in total. The van der Waals surface area contributed by atoms with Gasteiger partial charge in [0, 0.05) is 8.95 Å². The van der Waals surface area contributed by atoms with Crippen molar-refractivity contribution >= 4 is 54.9 Å². The maximum Gasteiger partial charge on any atom is 0.337 e. The Morgan fingerprint density at radius 2 is 1.63 bits per heavy atom. The lowest BCUT2D eigenvalue weighted by atomic mass is 10.1. The van der Waals surface area contributed by atoms with Crippen LogP contribution in [0.4, 0.5) is 17.1 Å². The highest BCUT2D eigenvalue weighted by Gasteiger charge is 2.14. The van der Waals surface area contributed by atoms with E-state index in [2.05, 4.69) is 37.2 Å². The fraction of sp³-hybridized carbons (Fsp3) is 0. The normalized spacial score (nSPS) is 10.2. The first-order valence-corrected chi connectivity index (χ1v) is 6.92. The summed E-state index contributed by atoms with van der Waals surface area (Å²) in [5.74, 6) is -1.03. The van der Waals surface area contributed by atoms with Gasteiger partial charge in [-0.1, -0.05) is 12.1 Å². The predicted octanol–water partition coefficient (Wildman–Crippen LogP) is 4.24. The Hall–Kier alpha value is -1.53. The van der Waals surface area contributed by atoms with Crippen LogP contribution < -0.4 is 11.1 Å². The van der Waals surface area contributed by atoms with Gasteiger partial charge in [0.1, 0.15) is 0 Å². The number of hydrogen-bond donors (Lipinski definition) is 3. The van der Waals surface area contributed by atoms with Crippen molar-refractivity contribution in [1.82, 2.24) is 0 Å². The van der Waals surface area contributed by atoms with Gasteiger partial charge in [-0.2, -0.15) is 0 Å². The van der Waals surface area contributed by atoms with Gasteiger partial charge in [-0.25, -0.2) is 4.79 Å². The molecule has 0 amide bonds. The van der Waals surface area contributed by atoms with Crippen molar-refractivity contribution in [2.45, 2.75) is 0 Å². The van der Waals surface area contributed by atoms with E-state index in [1.807, 2.05) is 18.2 Å². The van der Waals surface area contributed by atoms with Crippen LogP contribution in [-0.4, -0.2) is 11.1 Å². The lowest BCUT2D eigenvalue weighted by molar-refractivity contribution is 0.0698. The molecule has 0 spiro atoms. The van der Waals surface area contributed by atoms with Crippen LogP contribution in [-0.2, 0) is 0 Å². The van der Waals surface area contributed by atoms with Crippen LogP contribution in [0.1, 0.15) is 10.4 Å². The third-order valence-corrected chi connectivity index (χ3v) is 3.86. The zero-order valence-corrected chi connectivity index (χ0v) is 12.8. The number of benzene rings is 2. The lowest BCUT2D eigenvalue weighted by Gasteiger charge is -2.14. The molecule has 2 aromatic carbocycles. The standard InChI is InChI=1S/C13H10Br2N2O2/c14-8-4-2-5-9(15)12(8)17-11-7(13(18)19)3-1-6-10(11)16/h1-6,17H,16H2,(H,18,19). The minimum Gasteiger partial charge on any atom is -0.478 e. The van der Waals surface area contributed by atoms with Gasteiger partial charge in [0.2, 0.25) is 0 Å². The Bertz CT molecular complexity index is 624. The van der Waals surface area contributed by atoms with E-state index in [4.69, 9.17) is 5.73 Å². The molecule has 4 nitrogen and oxygen atoms in total. The minimum atomic E-state index is -1.03. The summed E-state index contributed by atoms with van der Waals surface area (Å²) in [4.78, 5) is 11.2. The molecule has 0 aliphatic rings. The lowest BCUT2D eigenvalue weighted by Crippen LogP contribution is -2.06. The number of carboxylic acids is 1. The monoisotopic (exact) mass is 384 g/mol. The maximum absolute atomic E-state index is 11.2. The van der Waals surface area contributed by atoms with Crippen molar-refractivity contribution in [1.29, 1.82) is 0 Å². The third-order valence-electron chi connectivity index (χ3n) is 2.54. The Kier molecular flexibility index (Phi) is 4.11. The van der Waals surface area contributed by atoms with Crippen molar-refractivity contribution in [3.63, 3.8) is 0 Å². The summed E-state index contributed by atoms with van der Waals surface area (Å²) in [6, 6.07) is 10.3. The smallest absolute Gasteiger partial charge is 0.337 e. The van der Waals surface area contributed by atoms with E-state index in [0.717, 1.165) is 14.6 Å². The third kappa shape index (κ3) is 2.90. The molecule has 0 heterocycles. The molecule has 0 unspecified atom stereocenters. The fourth-order valence-corrected chi connectivity index (χ4v) is 2.83. The van der Waals surface area contributed by atoms with Crippen LogP contribution >= 0.6 is 31.9 Å². The summed E-state index contributed by atoms with van der Waals surface area (Å²) >= 11 is 6.82. The number of para-hydroxylation sites is 2. The molecule has 0 aromatic heterocycles. The highest BCUT2D eigenvalue weighted by atomic mass is 79.9. The SMILES string of the molecule is Nc1cccc(C(=O)O)c1Nc1c(Br)cccc1Br. The second-order valence-corrected chi connectivity index (χ2v) is 5.51. The number of nitrogens with one attached hydrogen (secondary N) is 1. The van der Waals surface area contributed by atoms with E-state index >= 15 is 0 Å². The number of nitrogen functional groups attached to an aromatic ring is 1. The zero-order chi connectivity index (χ0) is 14.0. The summed E-state index contributed by atoms with van der Waals surface area (Å²) < 4.78 is 1.61. The van der Waals surface area contributed by atoms with Gasteiger partial charge in [0.05, 0.1) is 22.6 Å². The largest absolute Gasteiger partial charge is 0.478 e. The Morgan fingerprint density at radius 1 is 1.05 bits per heavy atom. The van der Waals surface area contributed by atoms with Gasteiger partial charge in [0.15, 0.2) is 0 Å². The molecule has 0 saturated heterocycles. The molecule has 2 rings (SSSR count). The molecule has 0 aliphatic carbocycles. The number of hydrogen-bond acceptors (Lipinski definition) is 3. The second-order valence-electron chi connectivity index (χ2n) is 3.80. The number of anilines is 3. The molecule has 0 aliphatic heterocycles. The van der Waals surface area contributed by atoms with Gasteiger partial charge in [-0.3, -0.25) is 0 Å². The van der Waals surface area contributed by atoms with Gasteiger partial charge in [-0.05, 0) is 56.1 Å². The minimum absolute atomic E-state index is 0.127. The van der Waals surface area contributed by atoms with E-state index in [1.54, 1.807) is 12.1 Å². The molecule has 2 aromatic rings. The van der Waals surface area contributed by atoms with Crippen molar-refractivity contribution in [3.8, 4) is 0 Å². The van der Waals surface area contributed by atoms with Crippen molar-refractivity contribution < 1.29 is 9.90 Å². The van der Waals surface area contributed by atoms with Crippen LogP contribution in [0.5, 0.6) is 0 Å². The van der Waals surface area contributed by atoms with Crippen LogP contribution in [0.3, 0.4) is 0 Å². The molecule has 0 saturated carbocycles. The number of nitrogens with two attached hydrogens (primary N) is 1. The Morgan fingerprint density at radius 3 is 2.21 bits per heavy atom. The zero-order valence-electron chi connectivity index (χ0n) is 9.65. The van der Waals surface area contributed by atoms with Gasteiger partial charge in [0.25, 0.3) is 0 Å². The number of carboxylic acid groups (broad SMARTS) is 1. The average molecular weight is 386 g/mol. The van der Waals surface area contributed by atoms with E-state index in [0.29, 0.717) is 11.4 Å². The van der Waals surface area contributed by atoms with Crippen molar-refractivity contribution in [2.75, 3.05) is 11.1 Å². The van der Waals surface area contributed by atoms with Crippen LogP contribution in [0, 0.1) is 0 Å². The topological polar surface area (TPSA) is 75.4 Å². The van der Waals surface area contributed by atoms with Gasteiger partial charge < -0.3 is 16.2 Å². The molecular formula is C13H10Br2N2O2. The second kappa shape index (κ2) is 5.63. The highest BCUT2D eigenvalue weighted by molar-refractivity contribution is 9.11. The first-order chi connectivity index (χ1) is 9.00. The van der Waals surface area contributed by atoms with Crippen molar-refractivity contribution in [3.05, 3.63) is 50.9 Å². The molecule has 0 radical (unpaired) electrons. The molecule has 0 bridgehead atoms. The van der Waals surface area contributed by atoms with E-state index in [1.165, 1.54) is 6.07 Å². The molecule has 6 heteroatoms. The van der Waals surface area contributed by atoms with Crippen LogP contribution in [0.15, 0.2) is 45.3 Å². The first-order valence-electron chi connectivity index (χ1n) is 5.33. The number of halogens is 2. The van der Waals surface area contributed by atoms with Crippen LogP contribution in [0.2, 0.25) is 0 Å². The summed E-state index contributed by atoms with van der Waals surface area (Å²) in [5, 5.41) is 12.2. The first kappa shape index (κ1) is 13.9. The molecular weight excluding hydrogens is 376 g/mol. The molecule has 0 fully saturated rings. The quantitative estimate of drug-likeness (QED) is 0.691. The summed E-state index contributed by atoms with van der Waals surface area (Å²) in [5.41, 5.74) is 7.46. The molecule has 19 heavy (non-hydrogen) atoms. The fourth-order valence-electron chi connectivity index (χ4n) is 1.63. The predicted molar refractivity (Wildman–Crippen MR) is 82.9 cm³/mol. The summed E-state index contributed by atoms with van der Waals surface area (Å²) in [7, 11) is 0. The molecule has 98 valence electrons. The van der Waals surface area contributed by atoms with Gasteiger partial charge >= 0.3 is 5.97 Å². The number of carbonyl (C=O) groups is 1. The summed E-state index contributed by atoms with van der Waals surface area (Å²) in [6.07, 6.45) is 0. The van der Waals surface area contributed by atoms with E-state index in [-0.39, 0.29) is 5.56 Å². The van der Waals surface area contributed by atoms with Crippen LogP contribution in [0.25, 0.3) is 0 Å². The number of aromatic carboxylic acids is 1. The summed E-state index contributed by atoms with van der Waals surface area (Å²) in [6.45, 7) is 0. The Balaban J connectivity index is 2.52. The van der Waals surface area contributed by atoms with Crippen molar-refractivity contribution in [2.24, 2.45) is 0 Å².